The van der Waals surface area contributed by atoms with Gasteiger partial charge in [0, 0.05) is 18.7 Å². The van der Waals surface area contributed by atoms with E-state index in [9.17, 15) is 22.8 Å². The van der Waals surface area contributed by atoms with Crippen LogP contribution in [0.5, 0.6) is 5.75 Å². The van der Waals surface area contributed by atoms with E-state index in [1.807, 2.05) is 0 Å². The summed E-state index contributed by atoms with van der Waals surface area (Å²) < 4.78 is 42.8. The van der Waals surface area contributed by atoms with Crippen molar-refractivity contribution in [1.82, 2.24) is 10.6 Å². The fourth-order valence-corrected chi connectivity index (χ4v) is 2.03. The number of halogens is 3. The van der Waals surface area contributed by atoms with Crippen molar-refractivity contribution >= 4 is 11.8 Å². The summed E-state index contributed by atoms with van der Waals surface area (Å²) in [4.78, 5) is 23.4. The SMILES string of the molecule is O=C(COc1cccc(C(F)(F)F)c1)NCCNC(=O)c1ccccc1. The van der Waals surface area contributed by atoms with E-state index in [2.05, 4.69) is 10.6 Å². The molecule has 0 fully saturated rings. The molecule has 2 aromatic rings. The second-order valence-electron chi connectivity index (χ2n) is 5.29. The normalized spacial score (nSPS) is 10.9. The van der Waals surface area contributed by atoms with Gasteiger partial charge in [0.2, 0.25) is 0 Å². The summed E-state index contributed by atoms with van der Waals surface area (Å²) in [5.41, 5.74) is -0.342. The van der Waals surface area contributed by atoms with Crippen LogP contribution in [0.4, 0.5) is 13.2 Å². The lowest BCUT2D eigenvalue weighted by atomic mass is 10.2. The van der Waals surface area contributed by atoms with Gasteiger partial charge in [-0.2, -0.15) is 13.2 Å². The van der Waals surface area contributed by atoms with Crippen LogP contribution in [0.3, 0.4) is 0 Å². The number of benzene rings is 2. The summed E-state index contributed by atoms with van der Waals surface area (Å²) in [5.74, 6) is -0.816. The molecule has 0 heterocycles. The largest absolute Gasteiger partial charge is 0.484 e. The molecule has 26 heavy (non-hydrogen) atoms. The lowest BCUT2D eigenvalue weighted by Gasteiger charge is -2.10. The van der Waals surface area contributed by atoms with Crippen LogP contribution in [0.2, 0.25) is 0 Å². The molecule has 2 rings (SSSR count). The molecule has 2 N–H and O–H groups in total. The quantitative estimate of drug-likeness (QED) is 0.741. The maximum atomic E-state index is 12.6. The molecule has 0 aliphatic rings. The number of ether oxygens (including phenoxy) is 1. The van der Waals surface area contributed by atoms with Gasteiger partial charge in [-0.25, -0.2) is 0 Å². The van der Waals surface area contributed by atoms with Gasteiger partial charge in [0.25, 0.3) is 11.8 Å². The Labute approximate surface area is 148 Å². The van der Waals surface area contributed by atoms with Crippen LogP contribution < -0.4 is 15.4 Å². The Bertz CT molecular complexity index is 749. The summed E-state index contributed by atoms with van der Waals surface area (Å²) >= 11 is 0. The molecule has 8 heteroatoms. The molecule has 0 bridgehead atoms. The highest BCUT2D eigenvalue weighted by Crippen LogP contribution is 2.31. The number of hydrogen-bond acceptors (Lipinski definition) is 3. The molecule has 0 spiro atoms. The fourth-order valence-electron chi connectivity index (χ4n) is 2.03. The lowest BCUT2D eigenvalue weighted by Crippen LogP contribution is -2.36. The van der Waals surface area contributed by atoms with Crippen LogP contribution in [0.1, 0.15) is 15.9 Å². The van der Waals surface area contributed by atoms with Gasteiger partial charge in [0.05, 0.1) is 5.56 Å². The van der Waals surface area contributed by atoms with Gasteiger partial charge in [-0.1, -0.05) is 24.3 Å². The lowest BCUT2D eigenvalue weighted by molar-refractivity contribution is -0.137. The maximum absolute atomic E-state index is 12.6. The van der Waals surface area contributed by atoms with Crippen LogP contribution in [0.15, 0.2) is 54.6 Å². The van der Waals surface area contributed by atoms with Crippen molar-refractivity contribution in [2.24, 2.45) is 0 Å². The smallest absolute Gasteiger partial charge is 0.416 e. The first-order valence-corrected chi connectivity index (χ1v) is 7.76. The van der Waals surface area contributed by atoms with Gasteiger partial charge >= 0.3 is 6.18 Å². The van der Waals surface area contributed by atoms with Crippen molar-refractivity contribution in [2.75, 3.05) is 19.7 Å². The number of alkyl halides is 3. The highest BCUT2D eigenvalue weighted by Gasteiger charge is 2.30. The van der Waals surface area contributed by atoms with Crippen LogP contribution in [0.25, 0.3) is 0 Å². The topological polar surface area (TPSA) is 67.4 Å². The summed E-state index contributed by atoms with van der Waals surface area (Å²) in [6.45, 7) is -0.0413. The molecule has 2 aromatic carbocycles. The minimum Gasteiger partial charge on any atom is -0.484 e. The molecule has 5 nitrogen and oxygen atoms in total. The zero-order valence-corrected chi connectivity index (χ0v) is 13.7. The molecule has 2 amide bonds. The van der Waals surface area contributed by atoms with E-state index in [-0.39, 0.29) is 24.7 Å². The first-order valence-electron chi connectivity index (χ1n) is 7.76. The molecule has 0 saturated heterocycles. The van der Waals surface area contributed by atoms with E-state index >= 15 is 0 Å². The predicted molar refractivity (Wildman–Crippen MR) is 88.7 cm³/mol. The zero-order chi connectivity index (χ0) is 19.0. The van der Waals surface area contributed by atoms with Gasteiger partial charge in [-0.15, -0.1) is 0 Å². The van der Waals surface area contributed by atoms with Crippen LogP contribution >= 0.6 is 0 Å². The predicted octanol–water partition coefficient (Wildman–Crippen LogP) is 2.63. The second-order valence-corrected chi connectivity index (χ2v) is 5.29. The van der Waals surface area contributed by atoms with E-state index < -0.39 is 24.3 Å². The highest BCUT2D eigenvalue weighted by molar-refractivity contribution is 5.94. The average molecular weight is 366 g/mol. The first-order chi connectivity index (χ1) is 12.4. The van der Waals surface area contributed by atoms with Crippen molar-refractivity contribution in [3.8, 4) is 5.75 Å². The van der Waals surface area contributed by atoms with Crippen molar-refractivity contribution in [3.05, 3.63) is 65.7 Å². The van der Waals surface area contributed by atoms with Crippen LogP contribution in [-0.4, -0.2) is 31.5 Å². The van der Waals surface area contributed by atoms with E-state index in [0.29, 0.717) is 5.56 Å². The Kier molecular flexibility index (Phi) is 6.60. The molecule has 138 valence electrons. The molecular formula is C18H17F3N2O3. The van der Waals surface area contributed by atoms with E-state index in [1.54, 1.807) is 30.3 Å². The number of carbonyl (C=O) groups is 2. The average Bonchev–Trinajstić information content (AvgIpc) is 2.63. The number of rotatable bonds is 7. The molecule has 0 aliphatic heterocycles. The fraction of sp³-hybridized carbons (Fsp3) is 0.222. The van der Waals surface area contributed by atoms with Crippen LogP contribution in [-0.2, 0) is 11.0 Å². The molecular weight excluding hydrogens is 349 g/mol. The van der Waals surface area contributed by atoms with Gasteiger partial charge in [-0.05, 0) is 30.3 Å². The first kappa shape index (κ1) is 19.3. The van der Waals surface area contributed by atoms with Gasteiger partial charge in [0.1, 0.15) is 5.75 Å². The zero-order valence-electron chi connectivity index (χ0n) is 13.7. The molecule has 0 unspecified atom stereocenters. The summed E-state index contributed by atoms with van der Waals surface area (Å²) in [6, 6.07) is 12.9. The minimum absolute atomic E-state index is 0.0487. The monoisotopic (exact) mass is 366 g/mol. The third-order valence-corrected chi connectivity index (χ3v) is 3.30. The van der Waals surface area contributed by atoms with Gasteiger partial charge in [0.15, 0.2) is 6.61 Å². The Morgan fingerprint density at radius 3 is 2.31 bits per heavy atom. The highest BCUT2D eigenvalue weighted by atomic mass is 19.4. The van der Waals surface area contributed by atoms with E-state index in [4.69, 9.17) is 4.74 Å². The molecule has 0 aromatic heterocycles. The Morgan fingerprint density at radius 1 is 0.923 bits per heavy atom. The van der Waals surface area contributed by atoms with Crippen molar-refractivity contribution < 1.29 is 27.5 Å². The summed E-state index contributed by atoms with van der Waals surface area (Å²) in [6.07, 6.45) is -4.47. The van der Waals surface area contributed by atoms with Crippen LogP contribution in [0, 0.1) is 0 Å². The maximum Gasteiger partial charge on any atom is 0.416 e. The van der Waals surface area contributed by atoms with Crippen molar-refractivity contribution in [1.29, 1.82) is 0 Å². The third kappa shape index (κ3) is 6.12. The third-order valence-electron chi connectivity index (χ3n) is 3.30. The van der Waals surface area contributed by atoms with E-state index in [1.165, 1.54) is 12.1 Å². The Balaban J connectivity index is 1.69. The summed E-state index contributed by atoms with van der Waals surface area (Å²) in [7, 11) is 0. The molecule has 0 saturated carbocycles. The molecule has 0 aliphatic carbocycles. The van der Waals surface area contributed by atoms with Crippen molar-refractivity contribution in [3.63, 3.8) is 0 Å². The van der Waals surface area contributed by atoms with E-state index in [0.717, 1.165) is 12.1 Å². The molecule has 0 radical (unpaired) electrons. The molecule has 0 atom stereocenters. The Hall–Kier alpha value is -3.03. The number of amides is 2. The van der Waals surface area contributed by atoms with Gasteiger partial charge < -0.3 is 15.4 Å². The van der Waals surface area contributed by atoms with Crippen molar-refractivity contribution in [2.45, 2.75) is 6.18 Å². The summed E-state index contributed by atoms with van der Waals surface area (Å²) in [5, 5.41) is 5.14. The number of hydrogen-bond donors (Lipinski definition) is 2. The van der Waals surface area contributed by atoms with Gasteiger partial charge in [-0.3, -0.25) is 9.59 Å². The number of carbonyl (C=O) groups excluding carboxylic acids is 2. The number of nitrogens with one attached hydrogen (secondary N) is 2. The second kappa shape index (κ2) is 8.89. The minimum atomic E-state index is -4.47. The standard InChI is InChI=1S/C18H17F3N2O3/c19-18(20,21)14-7-4-8-15(11-14)26-12-16(24)22-9-10-23-17(25)13-5-2-1-3-6-13/h1-8,11H,9-10,12H2,(H,22,24)(H,23,25). The Morgan fingerprint density at radius 2 is 1.62 bits per heavy atom.